The fourth-order valence-corrected chi connectivity index (χ4v) is 5.95. The number of hydrogen-bond acceptors (Lipinski definition) is 4. The smallest absolute Gasteiger partial charge is 0.152 e. The minimum absolute atomic E-state index is 0.244. The van der Waals surface area contributed by atoms with Gasteiger partial charge in [0.15, 0.2) is 5.82 Å². The second-order valence-corrected chi connectivity index (χ2v) is 10.4. The maximum Gasteiger partial charge on any atom is 0.152 e. The van der Waals surface area contributed by atoms with Gasteiger partial charge in [-0.3, -0.25) is 4.68 Å². The number of fused-ring (bicyclic) bond motifs is 2. The summed E-state index contributed by atoms with van der Waals surface area (Å²) in [5.74, 6) is 1.10. The topological polar surface area (TPSA) is 33.1 Å². The standard InChI is InChI=1S/C26H30N4S/c1-18(27-25-12-15-29(3)28-25)20(17-26(2)13-7-14-26)19-10-11-24-22(16-19)30(4)21-8-5-6-9-23(21)31-24/h5-6,8-12,15-16,20H,1,7,13-14,17H2,2-4H3,(H,27,28). The predicted molar refractivity (Wildman–Crippen MR) is 130 cm³/mol. The number of rotatable bonds is 6. The fraction of sp³-hybridized carbons (Fsp3) is 0.346. The number of anilines is 3. The van der Waals surface area contributed by atoms with Gasteiger partial charge >= 0.3 is 0 Å². The molecule has 5 rings (SSSR count). The molecule has 0 bridgehead atoms. The van der Waals surface area contributed by atoms with Crippen molar-refractivity contribution in [3.8, 4) is 0 Å². The number of hydrogen-bond donors (Lipinski definition) is 1. The highest BCUT2D eigenvalue weighted by Gasteiger charge is 2.36. The molecule has 1 atom stereocenters. The minimum Gasteiger partial charge on any atom is -0.343 e. The largest absolute Gasteiger partial charge is 0.343 e. The zero-order valence-corrected chi connectivity index (χ0v) is 19.4. The number of benzene rings is 2. The lowest BCUT2D eigenvalue weighted by Crippen LogP contribution is -2.29. The van der Waals surface area contributed by atoms with Gasteiger partial charge in [-0.1, -0.05) is 49.9 Å². The molecule has 2 heterocycles. The Kier molecular flexibility index (Phi) is 5.09. The van der Waals surface area contributed by atoms with Gasteiger partial charge in [-0.15, -0.1) is 0 Å². The van der Waals surface area contributed by atoms with Crippen molar-refractivity contribution in [2.75, 3.05) is 17.3 Å². The van der Waals surface area contributed by atoms with Crippen LogP contribution in [0.15, 0.2) is 76.8 Å². The van der Waals surface area contributed by atoms with Crippen molar-refractivity contribution in [2.45, 2.75) is 48.3 Å². The molecule has 0 amide bonds. The molecule has 1 fully saturated rings. The van der Waals surface area contributed by atoms with E-state index in [1.807, 2.05) is 35.8 Å². The number of nitrogens with zero attached hydrogens (tertiary/aromatic N) is 3. The minimum atomic E-state index is 0.244. The second-order valence-electron chi connectivity index (χ2n) is 9.30. The average molecular weight is 431 g/mol. The summed E-state index contributed by atoms with van der Waals surface area (Å²) in [6, 6.07) is 17.6. The molecule has 1 saturated carbocycles. The number of nitrogens with one attached hydrogen (secondary N) is 1. The van der Waals surface area contributed by atoms with Crippen LogP contribution in [0.2, 0.25) is 0 Å². The zero-order chi connectivity index (χ0) is 21.6. The molecule has 1 N–H and O–H groups in total. The molecule has 2 aliphatic rings. The van der Waals surface area contributed by atoms with Crippen LogP contribution in [0, 0.1) is 5.41 Å². The summed E-state index contributed by atoms with van der Waals surface area (Å²) in [5, 5.41) is 7.99. The van der Waals surface area contributed by atoms with Crippen LogP contribution >= 0.6 is 11.8 Å². The zero-order valence-electron chi connectivity index (χ0n) is 18.6. The molecule has 0 radical (unpaired) electrons. The average Bonchev–Trinajstić information content (AvgIpc) is 3.15. The summed E-state index contributed by atoms with van der Waals surface area (Å²) in [7, 11) is 4.11. The first-order valence-electron chi connectivity index (χ1n) is 11.0. The van der Waals surface area contributed by atoms with Gasteiger partial charge in [-0.05, 0) is 54.5 Å². The van der Waals surface area contributed by atoms with E-state index < -0.39 is 0 Å². The number of allylic oxidation sites excluding steroid dienone is 1. The molecule has 5 heteroatoms. The van der Waals surface area contributed by atoms with Gasteiger partial charge in [0.25, 0.3) is 0 Å². The second kappa shape index (κ2) is 7.79. The Balaban J connectivity index is 1.48. The Labute approximate surface area is 189 Å². The van der Waals surface area contributed by atoms with E-state index in [2.05, 4.69) is 78.3 Å². The van der Waals surface area contributed by atoms with Crippen LogP contribution in [0.1, 0.15) is 44.1 Å². The first-order chi connectivity index (χ1) is 14.9. The Morgan fingerprint density at radius 1 is 1.13 bits per heavy atom. The molecule has 3 aromatic rings. The van der Waals surface area contributed by atoms with Crippen LogP contribution in [-0.4, -0.2) is 16.8 Å². The summed E-state index contributed by atoms with van der Waals surface area (Å²) < 4.78 is 1.82. The Hall–Kier alpha value is -2.66. The first-order valence-corrected chi connectivity index (χ1v) is 11.8. The van der Waals surface area contributed by atoms with E-state index in [9.17, 15) is 0 Å². The molecule has 1 unspecified atom stereocenters. The van der Waals surface area contributed by atoms with Crippen molar-refractivity contribution in [2.24, 2.45) is 12.5 Å². The van der Waals surface area contributed by atoms with Crippen LogP contribution in [0.3, 0.4) is 0 Å². The molecule has 31 heavy (non-hydrogen) atoms. The van der Waals surface area contributed by atoms with Gasteiger partial charge in [0, 0.05) is 47.8 Å². The molecular weight excluding hydrogens is 400 g/mol. The van der Waals surface area contributed by atoms with E-state index in [1.165, 1.54) is 46.0 Å². The maximum atomic E-state index is 4.50. The number of aromatic nitrogens is 2. The maximum absolute atomic E-state index is 4.50. The van der Waals surface area contributed by atoms with Crippen molar-refractivity contribution in [3.05, 3.63) is 72.6 Å². The van der Waals surface area contributed by atoms with E-state index in [0.717, 1.165) is 17.9 Å². The molecule has 1 aliphatic carbocycles. The van der Waals surface area contributed by atoms with Crippen LogP contribution in [0.5, 0.6) is 0 Å². The van der Waals surface area contributed by atoms with Gasteiger partial charge in [0.05, 0.1) is 11.4 Å². The third-order valence-electron chi connectivity index (χ3n) is 6.87. The van der Waals surface area contributed by atoms with Crippen LogP contribution in [0.4, 0.5) is 17.2 Å². The van der Waals surface area contributed by atoms with Crippen molar-refractivity contribution in [3.63, 3.8) is 0 Å². The van der Waals surface area contributed by atoms with Gasteiger partial charge in [-0.25, -0.2) is 0 Å². The molecule has 2 aromatic carbocycles. The fourth-order valence-electron chi connectivity index (χ4n) is 4.82. The van der Waals surface area contributed by atoms with Gasteiger partial charge < -0.3 is 10.2 Å². The molecule has 160 valence electrons. The number of para-hydroxylation sites is 1. The van der Waals surface area contributed by atoms with Crippen molar-refractivity contribution < 1.29 is 0 Å². The van der Waals surface area contributed by atoms with Crippen molar-refractivity contribution in [1.29, 1.82) is 0 Å². The number of aryl methyl sites for hydroxylation is 1. The highest BCUT2D eigenvalue weighted by Crippen LogP contribution is 2.51. The molecule has 0 spiro atoms. The summed E-state index contributed by atoms with van der Waals surface area (Å²) in [6.45, 7) is 6.89. The molecule has 4 nitrogen and oxygen atoms in total. The van der Waals surface area contributed by atoms with Crippen LogP contribution in [0.25, 0.3) is 0 Å². The Morgan fingerprint density at radius 3 is 2.61 bits per heavy atom. The van der Waals surface area contributed by atoms with Crippen LogP contribution < -0.4 is 10.2 Å². The van der Waals surface area contributed by atoms with E-state index in [1.54, 1.807) is 0 Å². The lowest BCUT2D eigenvalue weighted by Gasteiger charge is -2.42. The molecule has 1 aromatic heterocycles. The molecule has 1 aliphatic heterocycles. The highest BCUT2D eigenvalue weighted by molar-refractivity contribution is 7.99. The summed E-state index contributed by atoms with van der Waals surface area (Å²) in [4.78, 5) is 4.94. The van der Waals surface area contributed by atoms with Gasteiger partial charge in [0.1, 0.15) is 0 Å². The SMILES string of the molecule is C=C(Nc1ccn(C)n1)C(CC1(C)CCC1)c1ccc2c(c1)N(C)c1ccccc1S2. The van der Waals surface area contributed by atoms with Crippen molar-refractivity contribution >= 4 is 29.0 Å². The quantitative estimate of drug-likeness (QED) is 0.459. The molecule has 0 saturated heterocycles. The van der Waals surface area contributed by atoms with Crippen molar-refractivity contribution in [1.82, 2.24) is 9.78 Å². The third-order valence-corrected chi connectivity index (χ3v) is 8.00. The first kappa shape index (κ1) is 20.3. The highest BCUT2D eigenvalue weighted by atomic mass is 32.2. The van der Waals surface area contributed by atoms with Gasteiger partial charge in [-0.2, -0.15) is 5.10 Å². The molecular formula is C26H30N4S. The van der Waals surface area contributed by atoms with Gasteiger partial charge in [0.2, 0.25) is 0 Å². The van der Waals surface area contributed by atoms with E-state index >= 15 is 0 Å². The summed E-state index contributed by atoms with van der Waals surface area (Å²) >= 11 is 1.86. The third kappa shape index (κ3) is 3.87. The van der Waals surface area contributed by atoms with E-state index in [0.29, 0.717) is 5.41 Å². The lowest BCUT2D eigenvalue weighted by molar-refractivity contribution is 0.139. The van der Waals surface area contributed by atoms with E-state index in [-0.39, 0.29) is 5.92 Å². The van der Waals surface area contributed by atoms with Crippen LogP contribution in [-0.2, 0) is 7.05 Å². The predicted octanol–water partition coefficient (Wildman–Crippen LogP) is 6.94. The van der Waals surface area contributed by atoms with E-state index in [4.69, 9.17) is 0 Å². The summed E-state index contributed by atoms with van der Waals surface area (Å²) in [5.41, 5.74) is 5.29. The Bertz CT molecular complexity index is 1130. The monoisotopic (exact) mass is 430 g/mol. The Morgan fingerprint density at radius 2 is 1.90 bits per heavy atom. The lowest BCUT2D eigenvalue weighted by atomic mass is 9.64. The normalized spacial score (nSPS) is 17.3. The summed E-state index contributed by atoms with van der Waals surface area (Å²) in [6.07, 6.45) is 7.00.